The Hall–Kier alpha value is -2.24. The van der Waals surface area contributed by atoms with Crippen molar-refractivity contribution in [2.75, 3.05) is 20.1 Å². The molecule has 1 aliphatic heterocycles. The van der Waals surface area contributed by atoms with Crippen LogP contribution in [0.4, 0.5) is 9.59 Å². The molecule has 1 atom stereocenters. The number of likely N-dealkylation sites (tertiary alicyclic amines) is 1. The van der Waals surface area contributed by atoms with Gasteiger partial charge in [0.05, 0.1) is 6.04 Å². The van der Waals surface area contributed by atoms with E-state index in [0.717, 1.165) is 18.4 Å². The van der Waals surface area contributed by atoms with Crippen molar-refractivity contribution in [1.29, 1.82) is 0 Å². The summed E-state index contributed by atoms with van der Waals surface area (Å²) in [6.45, 7) is 1.12. The maximum absolute atomic E-state index is 11.9. The summed E-state index contributed by atoms with van der Waals surface area (Å²) in [7, 11) is 1.63. The van der Waals surface area contributed by atoms with Crippen molar-refractivity contribution in [2.45, 2.75) is 25.5 Å². The summed E-state index contributed by atoms with van der Waals surface area (Å²) in [5.74, 6) is 0. The third-order valence-corrected chi connectivity index (χ3v) is 3.62. The summed E-state index contributed by atoms with van der Waals surface area (Å²) >= 11 is 0. The zero-order valence-corrected chi connectivity index (χ0v) is 12.1. The van der Waals surface area contributed by atoms with Crippen molar-refractivity contribution in [3.63, 3.8) is 0 Å². The molecule has 1 heterocycles. The minimum absolute atomic E-state index is 0.142. The highest BCUT2D eigenvalue weighted by Crippen LogP contribution is 2.18. The van der Waals surface area contributed by atoms with Crippen molar-refractivity contribution in [3.05, 3.63) is 35.9 Å². The zero-order valence-electron chi connectivity index (χ0n) is 12.1. The predicted molar refractivity (Wildman–Crippen MR) is 77.0 cm³/mol. The van der Waals surface area contributed by atoms with E-state index in [1.807, 2.05) is 30.3 Å². The summed E-state index contributed by atoms with van der Waals surface area (Å²) in [5, 5.41) is 9.08. The normalized spacial score (nSPS) is 17.6. The highest BCUT2D eigenvalue weighted by Gasteiger charge is 2.30. The number of hydrogen-bond donors (Lipinski definition) is 1. The molecule has 0 spiro atoms. The van der Waals surface area contributed by atoms with Gasteiger partial charge in [-0.1, -0.05) is 30.3 Å². The summed E-state index contributed by atoms with van der Waals surface area (Å²) in [5.41, 5.74) is 0.923. The second-order valence-corrected chi connectivity index (χ2v) is 5.19. The van der Waals surface area contributed by atoms with Gasteiger partial charge in [-0.05, 0) is 18.4 Å². The molecule has 0 aromatic heterocycles. The molecular weight excluding hydrogens is 272 g/mol. The lowest BCUT2D eigenvalue weighted by molar-refractivity contribution is 0.0911. The fraction of sp³-hybridized carbons (Fsp3) is 0.467. The minimum Gasteiger partial charge on any atom is -0.465 e. The molecule has 0 saturated carbocycles. The van der Waals surface area contributed by atoms with Crippen molar-refractivity contribution < 1.29 is 19.4 Å². The molecule has 1 aromatic carbocycles. The van der Waals surface area contributed by atoms with Gasteiger partial charge in [0.25, 0.3) is 0 Å². The average molecular weight is 292 g/mol. The maximum atomic E-state index is 11.9. The van der Waals surface area contributed by atoms with E-state index in [9.17, 15) is 9.59 Å². The first-order valence-corrected chi connectivity index (χ1v) is 6.99. The largest absolute Gasteiger partial charge is 0.465 e. The van der Waals surface area contributed by atoms with E-state index in [2.05, 4.69) is 0 Å². The lowest BCUT2D eigenvalue weighted by Crippen LogP contribution is -2.43. The summed E-state index contributed by atoms with van der Waals surface area (Å²) in [6.07, 6.45) is 0.256. The SMILES string of the molecule is CN(CC1CCCN1C(=O)O)C(=O)OCc1ccccc1. The Morgan fingerprint density at radius 3 is 2.76 bits per heavy atom. The van der Waals surface area contributed by atoms with Gasteiger partial charge in [-0.3, -0.25) is 0 Å². The Morgan fingerprint density at radius 2 is 2.10 bits per heavy atom. The average Bonchev–Trinajstić information content (AvgIpc) is 2.94. The van der Waals surface area contributed by atoms with E-state index in [1.54, 1.807) is 7.05 Å². The third kappa shape index (κ3) is 4.11. The molecule has 1 fully saturated rings. The highest BCUT2D eigenvalue weighted by atomic mass is 16.6. The molecule has 1 unspecified atom stereocenters. The van der Waals surface area contributed by atoms with Crippen LogP contribution in [0.3, 0.4) is 0 Å². The van der Waals surface area contributed by atoms with Crippen molar-refractivity contribution >= 4 is 12.2 Å². The predicted octanol–water partition coefficient (Wildman–Crippen LogP) is 2.40. The Kier molecular flexibility index (Phi) is 5.03. The van der Waals surface area contributed by atoms with E-state index < -0.39 is 12.2 Å². The first-order chi connectivity index (χ1) is 10.1. The van der Waals surface area contributed by atoms with Gasteiger partial charge in [-0.2, -0.15) is 0 Å². The molecule has 6 heteroatoms. The molecule has 114 valence electrons. The number of carboxylic acid groups (broad SMARTS) is 1. The molecule has 1 saturated heterocycles. The standard InChI is InChI=1S/C15H20N2O4/c1-16(10-13-8-5-9-17(13)14(18)19)15(20)21-11-12-6-3-2-4-7-12/h2-4,6-7,13H,5,8-11H2,1H3,(H,18,19). The van der Waals surface area contributed by atoms with Gasteiger partial charge in [0, 0.05) is 20.1 Å². The van der Waals surface area contributed by atoms with Crippen LogP contribution < -0.4 is 0 Å². The Labute approximate surface area is 123 Å². The molecule has 6 nitrogen and oxygen atoms in total. The van der Waals surface area contributed by atoms with Crippen LogP contribution in [0.25, 0.3) is 0 Å². The van der Waals surface area contributed by atoms with Crippen LogP contribution in [0, 0.1) is 0 Å². The molecule has 0 aliphatic carbocycles. The molecule has 21 heavy (non-hydrogen) atoms. The molecule has 0 radical (unpaired) electrons. The molecule has 2 rings (SSSR count). The molecule has 1 aliphatic rings. The molecule has 2 amide bonds. The van der Waals surface area contributed by atoms with E-state index in [4.69, 9.17) is 9.84 Å². The third-order valence-electron chi connectivity index (χ3n) is 3.62. The lowest BCUT2D eigenvalue weighted by atomic mass is 10.2. The van der Waals surface area contributed by atoms with Crippen LogP contribution in [0.1, 0.15) is 18.4 Å². The molecule has 1 aromatic rings. The Bertz CT molecular complexity index is 492. The fourth-order valence-electron chi connectivity index (χ4n) is 2.50. The smallest absolute Gasteiger partial charge is 0.409 e. The van der Waals surface area contributed by atoms with Crippen LogP contribution in [0.15, 0.2) is 30.3 Å². The van der Waals surface area contributed by atoms with Gasteiger partial charge in [-0.25, -0.2) is 9.59 Å². The van der Waals surface area contributed by atoms with Gasteiger partial charge >= 0.3 is 12.2 Å². The molecular formula is C15H20N2O4. The Balaban J connectivity index is 1.81. The monoisotopic (exact) mass is 292 g/mol. The number of rotatable bonds is 4. The first kappa shape index (κ1) is 15.2. The number of nitrogens with zero attached hydrogens (tertiary/aromatic N) is 2. The van der Waals surface area contributed by atoms with E-state index in [0.29, 0.717) is 13.1 Å². The second kappa shape index (κ2) is 6.97. The summed E-state index contributed by atoms with van der Waals surface area (Å²) in [4.78, 5) is 25.8. The van der Waals surface area contributed by atoms with Crippen LogP contribution in [0.5, 0.6) is 0 Å². The van der Waals surface area contributed by atoms with Crippen molar-refractivity contribution in [1.82, 2.24) is 9.80 Å². The van der Waals surface area contributed by atoms with E-state index in [-0.39, 0.29) is 12.6 Å². The number of amides is 2. The van der Waals surface area contributed by atoms with Crippen LogP contribution in [0.2, 0.25) is 0 Å². The van der Waals surface area contributed by atoms with Crippen LogP contribution >= 0.6 is 0 Å². The quantitative estimate of drug-likeness (QED) is 0.925. The second-order valence-electron chi connectivity index (χ2n) is 5.19. The molecule has 0 bridgehead atoms. The van der Waals surface area contributed by atoms with Gasteiger partial charge in [0.1, 0.15) is 6.61 Å². The van der Waals surface area contributed by atoms with E-state index in [1.165, 1.54) is 9.80 Å². The maximum Gasteiger partial charge on any atom is 0.409 e. The number of carbonyl (C=O) groups excluding carboxylic acids is 1. The number of likely N-dealkylation sites (N-methyl/N-ethyl adjacent to an activating group) is 1. The zero-order chi connectivity index (χ0) is 15.2. The first-order valence-electron chi connectivity index (χ1n) is 6.99. The van der Waals surface area contributed by atoms with Crippen molar-refractivity contribution in [2.24, 2.45) is 0 Å². The number of carbonyl (C=O) groups is 2. The van der Waals surface area contributed by atoms with Crippen LogP contribution in [-0.2, 0) is 11.3 Å². The molecule has 1 N–H and O–H groups in total. The van der Waals surface area contributed by atoms with E-state index >= 15 is 0 Å². The number of ether oxygens (including phenoxy) is 1. The number of benzene rings is 1. The fourth-order valence-corrected chi connectivity index (χ4v) is 2.50. The van der Waals surface area contributed by atoms with Crippen molar-refractivity contribution in [3.8, 4) is 0 Å². The highest BCUT2D eigenvalue weighted by molar-refractivity contribution is 5.68. The van der Waals surface area contributed by atoms with Gasteiger partial charge < -0.3 is 19.6 Å². The number of hydrogen-bond acceptors (Lipinski definition) is 3. The van der Waals surface area contributed by atoms with Crippen LogP contribution in [-0.4, -0.2) is 53.3 Å². The minimum atomic E-state index is -0.927. The van der Waals surface area contributed by atoms with Gasteiger partial charge in [0.2, 0.25) is 0 Å². The summed E-state index contributed by atoms with van der Waals surface area (Å²) in [6, 6.07) is 9.30. The van der Waals surface area contributed by atoms with Gasteiger partial charge in [-0.15, -0.1) is 0 Å². The van der Waals surface area contributed by atoms with Gasteiger partial charge in [0.15, 0.2) is 0 Å². The topological polar surface area (TPSA) is 70.1 Å². The Morgan fingerprint density at radius 1 is 1.38 bits per heavy atom. The summed E-state index contributed by atoms with van der Waals surface area (Å²) < 4.78 is 5.22. The lowest BCUT2D eigenvalue weighted by Gasteiger charge is -2.26.